The summed E-state index contributed by atoms with van der Waals surface area (Å²) in [5.74, 6) is -0.600. The first kappa shape index (κ1) is 21.6. The Hall–Kier alpha value is -2.65. The predicted octanol–water partition coefficient (Wildman–Crippen LogP) is 3.74. The quantitative estimate of drug-likeness (QED) is 0.536. The molecule has 0 aliphatic heterocycles. The lowest BCUT2D eigenvalue weighted by Crippen LogP contribution is -2.47. The number of benzene rings is 2. The molecule has 0 spiro atoms. The minimum absolute atomic E-state index is 0.177. The van der Waals surface area contributed by atoms with E-state index in [1.54, 1.807) is 32.0 Å². The molecule has 2 aromatic rings. The second-order valence-corrected chi connectivity index (χ2v) is 8.50. The van der Waals surface area contributed by atoms with Crippen LogP contribution in [0.4, 0.5) is 17.1 Å². The van der Waals surface area contributed by atoms with E-state index in [-0.39, 0.29) is 23.5 Å². The van der Waals surface area contributed by atoms with Crippen molar-refractivity contribution in [2.24, 2.45) is 0 Å². The third-order valence-corrected chi connectivity index (χ3v) is 5.50. The van der Waals surface area contributed by atoms with Gasteiger partial charge in [-0.3, -0.25) is 19.2 Å². The molecular formula is C18H20ClN3O5S. The highest BCUT2D eigenvalue weighted by Gasteiger charge is 2.32. The van der Waals surface area contributed by atoms with Gasteiger partial charge >= 0.3 is 0 Å². The summed E-state index contributed by atoms with van der Waals surface area (Å²) in [7, 11) is -3.81. The molecule has 28 heavy (non-hydrogen) atoms. The van der Waals surface area contributed by atoms with Gasteiger partial charge in [0.05, 0.1) is 22.6 Å². The van der Waals surface area contributed by atoms with Crippen LogP contribution in [0.5, 0.6) is 0 Å². The van der Waals surface area contributed by atoms with Crippen LogP contribution in [-0.4, -0.2) is 31.5 Å². The van der Waals surface area contributed by atoms with Gasteiger partial charge in [-0.25, -0.2) is 8.42 Å². The number of carbonyl (C=O) groups excluding carboxylic acids is 1. The maximum absolute atomic E-state index is 12.9. The second-order valence-electron chi connectivity index (χ2n) is 6.21. The van der Waals surface area contributed by atoms with Gasteiger partial charge < -0.3 is 5.32 Å². The van der Waals surface area contributed by atoms with Crippen molar-refractivity contribution in [1.29, 1.82) is 0 Å². The number of aryl methyl sites for hydroxylation is 1. The number of non-ortho nitro benzene ring substituents is 1. The van der Waals surface area contributed by atoms with Crippen LogP contribution in [0, 0.1) is 17.0 Å². The number of nitro groups is 1. The summed E-state index contributed by atoms with van der Waals surface area (Å²) in [6, 6.07) is 9.21. The van der Waals surface area contributed by atoms with E-state index >= 15 is 0 Å². The molecule has 0 fully saturated rings. The van der Waals surface area contributed by atoms with Crippen molar-refractivity contribution >= 4 is 44.6 Å². The Balaban J connectivity index is 2.43. The maximum atomic E-state index is 12.9. The molecular weight excluding hydrogens is 406 g/mol. The third-order valence-electron chi connectivity index (χ3n) is 4.08. The average Bonchev–Trinajstić information content (AvgIpc) is 2.59. The van der Waals surface area contributed by atoms with Crippen molar-refractivity contribution in [3.63, 3.8) is 0 Å². The van der Waals surface area contributed by atoms with Crippen LogP contribution in [0.25, 0.3) is 0 Å². The normalized spacial score (nSPS) is 12.3. The standard InChI is InChI=1S/C18H20ClN3O5S/c1-4-17(21(28(3,26)27)14-7-5-6-13(19)10-14)18(23)20-16-11-15(22(24)25)9-8-12(16)2/h5-11,17H,4H2,1-3H3,(H,20,23). The first-order valence-corrected chi connectivity index (χ1v) is 10.6. The molecule has 0 saturated carbocycles. The first-order chi connectivity index (χ1) is 13.0. The third kappa shape index (κ3) is 4.99. The molecule has 1 atom stereocenters. The molecule has 1 amide bonds. The minimum atomic E-state index is -3.81. The number of halogens is 1. The average molecular weight is 426 g/mol. The number of nitrogens with zero attached hydrogens (tertiary/aromatic N) is 2. The van der Waals surface area contributed by atoms with Crippen LogP contribution in [0.15, 0.2) is 42.5 Å². The summed E-state index contributed by atoms with van der Waals surface area (Å²) in [5, 5.41) is 13.9. The van der Waals surface area contributed by atoms with E-state index < -0.39 is 26.9 Å². The van der Waals surface area contributed by atoms with Crippen LogP contribution < -0.4 is 9.62 Å². The number of carbonyl (C=O) groups is 1. The van der Waals surface area contributed by atoms with Crippen LogP contribution >= 0.6 is 11.6 Å². The molecule has 8 nitrogen and oxygen atoms in total. The zero-order valence-electron chi connectivity index (χ0n) is 15.5. The fraction of sp³-hybridized carbons (Fsp3) is 0.278. The Bertz CT molecular complexity index is 1010. The summed E-state index contributed by atoms with van der Waals surface area (Å²) in [6.07, 6.45) is 1.18. The number of nitrogens with one attached hydrogen (secondary N) is 1. The Labute approximate surface area is 168 Å². The zero-order chi connectivity index (χ0) is 21.1. The minimum Gasteiger partial charge on any atom is -0.324 e. The molecule has 0 aromatic heterocycles. The topological polar surface area (TPSA) is 110 Å². The summed E-state index contributed by atoms with van der Waals surface area (Å²) in [5.41, 5.74) is 0.941. The van der Waals surface area contributed by atoms with Crippen LogP contribution in [0.3, 0.4) is 0 Å². The monoisotopic (exact) mass is 425 g/mol. The Morgan fingerprint density at radius 2 is 1.96 bits per heavy atom. The summed E-state index contributed by atoms with van der Waals surface area (Å²) in [4.78, 5) is 23.3. The lowest BCUT2D eigenvalue weighted by atomic mass is 10.1. The number of amides is 1. The van der Waals surface area contributed by atoms with Gasteiger partial charge in [0.2, 0.25) is 15.9 Å². The van der Waals surface area contributed by atoms with Gasteiger partial charge in [-0.1, -0.05) is 30.7 Å². The van der Waals surface area contributed by atoms with Gasteiger partial charge in [-0.05, 0) is 37.1 Å². The van der Waals surface area contributed by atoms with E-state index in [1.165, 1.54) is 24.3 Å². The molecule has 0 aliphatic carbocycles. The van der Waals surface area contributed by atoms with E-state index in [1.807, 2.05) is 0 Å². The summed E-state index contributed by atoms with van der Waals surface area (Å²) >= 11 is 5.98. The van der Waals surface area contributed by atoms with Gasteiger partial charge in [-0.2, -0.15) is 0 Å². The van der Waals surface area contributed by atoms with Crippen molar-refractivity contribution in [3.8, 4) is 0 Å². The molecule has 2 aromatic carbocycles. The molecule has 1 unspecified atom stereocenters. The van der Waals surface area contributed by atoms with Crippen LogP contribution in [0.1, 0.15) is 18.9 Å². The van der Waals surface area contributed by atoms with Gasteiger partial charge in [0.25, 0.3) is 5.69 Å². The number of anilines is 2. The number of sulfonamides is 1. The fourth-order valence-corrected chi connectivity index (χ4v) is 4.14. The van der Waals surface area contributed by atoms with Gasteiger partial charge in [-0.15, -0.1) is 0 Å². The lowest BCUT2D eigenvalue weighted by Gasteiger charge is -2.30. The number of nitro benzene ring substituents is 1. The molecule has 1 N–H and O–H groups in total. The van der Waals surface area contributed by atoms with E-state index in [4.69, 9.17) is 11.6 Å². The highest BCUT2D eigenvalue weighted by Crippen LogP contribution is 2.27. The van der Waals surface area contributed by atoms with Gasteiger partial charge in [0.15, 0.2) is 0 Å². The first-order valence-electron chi connectivity index (χ1n) is 8.35. The number of rotatable bonds is 7. The Morgan fingerprint density at radius 3 is 2.50 bits per heavy atom. The molecule has 0 saturated heterocycles. The molecule has 2 rings (SSSR count). The van der Waals surface area contributed by atoms with Crippen molar-refractivity contribution in [3.05, 3.63) is 63.2 Å². The predicted molar refractivity (Wildman–Crippen MR) is 109 cm³/mol. The van der Waals surface area contributed by atoms with Crippen LogP contribution in [-0.2, 0) is 14.8 Å². The van der Waals surface area contributed by atoms with E-state index in [0.717, 1.165) is 10.6 Å². The van der Waals surface area contributed by atoms with Crippen molar-refractivity contribution in [2.45, 2.75) is 26.3 Å². The van der Waals surface area contributed by atoms with Crippen molar-refractivity contribution < 1.29 is 18.1 Å². The van der Waals surface area contributed by atoms with Crippen molar-refractivity contribution in [2.75, 3.05) is 15.9 Å². The molecule has 0 heterocycles. The highest BCUT2D eigenvalue weighted by molar-refractivity contribution is 7.92. The number of hydrogen-bond donors (Lipinski definition) is 1. The van der Waals surface area contributed by atoms with Gasteiger partial charge in [0, 0.05) is 17.2 Å². The maximum Gasteiger partial charge on any atom is 0.271 e. The second kappa shape index (κ2) is 8.57. The van der Waals surface area contributed by atoms with E-state index in [2.05, 4.69) is 5.32 Å². The van der Waals surface area contributed by atoms with E-state index in [9.17, 15) is 23.3 Å². The lowest BCUT2D eigenvalue weighted by molar-refractivity contribution is -0.384. The molecule has 150 valence electrons. The Kier molecular flexibility index (Phi) is 6.63. The smallest absolute Gasteiger partial charge is 0.271 e. The number of hydrogen-bond acceptors (Lipinski definition) is 5. The molecule has 0 aliphatic rings. The van der Waals surface area contributed by atoms with Crippen LogP contribution in [0.2, 0.25) is 5.02 Å². The van der Waals surface area contributed by atoms with E-state index in [0.29, 0.717) is 10.6 Å². The fourth-order valence-electron chi connectivity index (χ4n) is 2.75. The molecule has 0 bridgehead atoms. The Morgan fingerprint density at radius 1 is 1.29 bits per heavy atom. The van der Waals surface area contributed by atoms with Crippen molar-refractivity contribution in [1.82, 2.24) is 0 Å². The largest absolute Gasteiger partial charge is 0.324 e. The molecule has 0 radical (unpaired) electrons. The SMILES string of the molecule is CCC(C(=O)Nc1cc([N+](=O)[O-])ccc1C)N(c1cccc(Cl)c1)S(C)(=O)=O. The highest BCUT2D eigenvalue weighted by atomic mass is 35.5. The zero-order valence-corrected chi connectivity index (χ0v) is 17.1. The van der Waals surface area contributed by atoms with Gasteiger partial charge in [0.1, 0.15) is 6.04 Å². The summed E-state index contributed by atoms with van der Waals surface area (Å²) in [6.45, 7) is 3.36. The molecule has 10 heteroatoms. The summed E-state index contributed by atoms with van der Waals surface area (Å²) < 4.78 is 25.8.